The summed E-state index contributed by atoms with van der Waals surface area (Å²) in [4.78, 5) is 0. The van der Waals surface area contributed by atoms with Crippen molar-refractivity contribution in [3.8, 4) is 0 Å². The summed E-state index contributed by atoms with van der Waals surface area (Å²) in [5, 5.41) is 0. The average Bonchev–Trinajstić information content (AvgIpc) is 2.96. The van der Waals surface area contributed by atoms with Gasteiger partial charge in [-0.3, -0.25) is 0 Å². The standard InChI is InChI=1S/C44H64/c1-14-17-18-19-43(38-25-23-37(24-26-38)36(15-2)22-20-31(4)5)35(10)42(16-3)34(9)28-39(32(6)7)29-40-30-41(44(11,12)13)27-21-33(40)8/h15-16,20,22-26,28-29,35,41,43H,4,8,14,17-19,21,27,30H2,1-3,5-7,9-13H3/b22-20-,34-28+,36-15+,40-29-,42-16+/t35-,41?,43-/m0/s1. The second kappa shape index (κ2) is 17.6. The van der Waals surface area contributed by atoms with Crippen molar-refractivity contribution >= 4 is 5.57 Å². The SMILES string of the molecule is C=C(C)/C=C\C(=C/C)c1ccc([C@@H](CCCCC)[C@@H](C)C(=C/C)/C(C)=C/C(/C=C2/CC(C(C)(C)C)CCC2=C)=C(C)C)cc1. The van der Waals surface area contributed by atoms with Crippen LogP contribution in [0.25, 0.3) is 5.57 Å². The minimum atomic E-state index is 0.324. The molecule has 2 rings (SSSR count). The van der Waals surface area contributed by atoms with Gasteiger partial charge in [-0.05, 0) is 129 Å². The summed E-state index contributed by atoms with van der Waals surface area (Å²) < 4.78 is 0. The molecule has 1 saturated carbocycles. The van der Waals surface area contributed by atoms with Gasteiger partial charge in [-0.25, -0.2) is 0 Å². The van der Waals surface area contributed by atoms with E-state index in [9.17, 15) is 0 Å². The molecule has 0 heteroatoms. The molecule has 240 valence electrons. The van der Waals surface area contributed by atoms with Crippen LogP contribution in [0, 0.1) is 17.3 Å². The maximum absolute atomic E-state index is 4.48. The van der Waals surface area contributed by atoms with Crippen LogP contribution in [0.2, 0.25) is 0 Å². The number of hydrogen-bond donors (Lipinski definition) is 0. The fourth-order valence-electron chi connectivity index (χ4n) is 6.66. The lowest BCUT2D eigenvalue weighted by Gasteiger charge is -2.36. The van der Waals surface area contributed by atoms with Crippen LogP contribution in [0.15, 0.2) is 113 Å². The van der Waals surface area contributed by atoms with Gasteiger partial charge in [0.25, 0.3) is 0 Å². The largest absolute Gasteiger partial charge is 0.0961 e. The Morgan fingerprint density at radius 2 is 1.64 bits per heavy atom. The highest BCUT2D eigenvalue weighted by atomic mass is 14.3. The topological polar surface area (TPSA) is 0 Å². The zero-order chi connectivity index (χ0) is 33.0. The van der Waals surface area contributed by atoms with Crippen molar-refractivity contribution in [3.05, 3.63) is 124 Å². The van der Waals surface area contributed by atoms with Crippen molar-refractivity contribution in [1.82, 2.24) is 0 Å². The molecule has 1 fully saturated rings. The number of unbranched alkanes of at least 4 members (excludes halogenated alkanes) is 2. The first-order valence-electron chi connectivity index (χ1n) is 17.2. The summed E-state index contributed by atoms with van der Waals surface area (Å²) in [5.41, 5.74) is 13.6. The van der Waals surface area contributed by atoms with Crippen molar-refractivity contribution in [2.45, 2.75) is 127 Å². The highest BCUT2D eigenvalue weighted by Crippen LogP contribution is 2.43. The summed E-state index contributed by atoms with van der Waals surface area (Å²) in [6.07, 6.45) is 22.2. The van der Waals surface area contributed by atoms with E-state index in [1.165, 1.54) is 82.2 Å². The predicted octanol–water partition coefficient (Wildman–Crippen LogP) is 14.1. The Labute approximate surface area is 273 Å². The van der Waals surface area contributed by atoms with E-state index in [0.717, 1.165) is 18.4 Å². The lowest BCUT2D eigenvalue weighted by molar-refractivity contribution is 0.215. The fraction of sp³-hybridized carbons (Fsp3) is 0.500. The first-order valence-corrected chi connectivity index (χ1v) is 17.2. The second-order valence-corrected chi connectivity index (χ2v) is 14.5. The van der Waals surface area contributed by atoms with Gasteiger partial charge >= 0.3 is 0 Å². The lowest BCUT2D eigenvalue weighted by Crippen LogP contribution is -2.24. The third-order valence-electron chi connectivity index (χ3n) is 9.73. The number of benzene rings is 1. The van der Waals surface area contributed by atoms with Crippen LogP contribution in [0.3, 0.4) is 0 Å². The van der Waals surface area contributed by atoms with Gasteiger partial charge in [-0.1, -0.05) is 144 Å². The first kappa shape index (κ1) is 37.3. The average molecular weight is 593 g/mol. The van der Waals surface area contributed by atoms with Crippen LogP contribution < -0.4 is 0 Å². The van der Waals surface area contributed by atoms with Crippen molar-refractivity contribution < 1.29 is 0 Å². The smallest absolute Gasteiger partial charge is 0.00957 e. The van der Waals surface area contributed by atoms with Crippen LogP contribution in [-0.2, 0) is 0 Å². The van der Waals surface area contributed by atoms with Crippen molar-refractivity contribution in [2.24, 2.45) is 17.3 Å². The zero-order valence-electron chi connectivity index (χ0n) is 30.4. The van der Waals surface area contributed by atoms with Gasteiger partial charge in [0, 0.05) is 0 Å². The van der Waals surface area contributed by atoms with E-state index >= 15 is 0 Å². The Morgan fingerprint density at radius 3 is 2.16 bits per heavy atom. The second-order valence-electron chi connectivity index (χ2n) is 14.5. The predicted molar refractivity (Wildman–Crippen MR) is 200 cm³/mol. The number of hydrogen-bond acceptors (Lipinski definition) is 0. The first-order chi connectivity index (χ1) is 20.7. The Bertz CT molecular complexity index is 1300. The Morgan fingerprint density at radius 1 is 0.977 bits per heavy atom. The Hall–Kier alpha value is -2.86. The molecule has 0 saturated heterocycles. The van der Waals surface area contributed by atoms with E-state index in [1.54, 1.807) is 0 Å². The fourth-order valence-corrected chi connectivity index (χ4v) is 6.66. The quantitative estimate of drug-likeness (QED) is 0.158. The molecule has 0 aromatic heterocycles. The summed E-state index contributed by atoms with van der Waals surface area (Å²) in [7, 11) is 0. The molecule has 1 aromatic rings. The van der Waals surface area contributed by atoms with E-state index in [4.69, 9.17) is 0 Å². The monoisotopic (exact) mass is 593 g/mol. The Kier molecular flexibility index (Phi) is 14.9. The van der Waals surface area contributed by atoms with Crippen LogP contribution in [-0.4, -0.2) is 0 Å². The molecule has 0 aliphatic heterocycles. The van der Waals surface area contributed by atoms with Crippen LogP contribution in [0.1, 0.15) is 138 Å². The van der Waals surface area contributed by atoms with Gasteiger partial charge in [-0.15, -0.1) is 0 Å². The number of allylic oxidation sites excluding steroid dienone is 14. The molecular formula is C44H64. The minimum Gasteiger partial charge on any atom is -0.0961 e. The molecule has 3 atom stereocenters. The van der Waals surface area contributed by atoms with E-state index in [0.29, 0.717) is 23.2 Å². The molecule has 0 bridgehead atoms. The maximum Gasteiger partial charge on any atom is -0.00957 e. The summed E-state index contributed by atoms with van der Waals surface area (Å²) in [5.74, 6) is 1.60. The lowest BCUT2D eigenvalue weighted by atomic mass is 9.69. The molecule has 0 radical (unpaired) electrons. The highest BCUT2D eigenvalue weighted by Gasteiger charge is 2.29. The van der Waals surface area contributed by atoms with Gasteiger partial charge in [-0.2, -0.15) is 0 Å². The molecule has 0 N–H and O–H groups in total. The molecule has 1 unspecified atom stereocenters. The van der Waals surface area contributed by atoms with Crippen molar-refractivity contribution in [2.75, 3.05) is 0 Å². The summed E-state index contributed by atoms with van der Waals surface area (Å²) >= 11 is 0. The Balaban J connectivity index is 2.44. The van der Waals surface area contributed by atoms with E-state index in [1.807, 2.05) is 6.92 Å². The third kappa shape index (κ3) is 10.9. The molecule has 44 heavy (non-hydrogen) atoms. The maximum atomic E-state index is 4.48. The molecule has 0 nitrogen and oxygen atoms in total. The van der Waals surface area contributed by atoms with Crippen molar-refractivity contribution in [3.63, 3.8) is 0 Å². The van der Waals surface area contributed by atoms with Crippen LogP contribution in [0.5, 0.6) is 0 Å². The molecule has 0 amide bonds. The molecule has 1 aliphatic rings. The molecule has 1 aromatic carbocycles. The highest BCUT2D eigenvalue weighted by molar-refractivity contribution is 5.74. The zero-order valence-corrected chi connectivity index (χ0v) is 30.4. The molecular weight excluding hydrogens is 528 g/mol. The van der Waals surface area contributed by atoms with E-state index in [-0.39, 0.29) is 0 Å². The van der Waals surface area contributed by atoms with E-state index < -0.39 is 0 Å². The molecule has 1 aliphatic carbocycles. The van der Waals surface area contributed by atoms with Gasteiger partial charge in [0.05, 0.1) is 0 Å². The third-order valence-corrected chi connectivity index (χ3v) is 9.73. The molecule has 0 heterocycles. The van der Waals surface area contributed by atoms with Crippen molar-refractivity contribution in [1.29, 1.82) is 0 Å². The molecule has 0 spiro atoms. The van der Waals surface area contributed by atoms with Crippen LogP contribution in [0.4, 0.5) is 0 Å². The van der Waals surface area contributed by atoms with Gasteiger partial charge in [0.1, 0.15) is 0 Å². The van der Waals surface area contributed by atoms with Gasteiger partial charge < -0.3 is 0 Å². The van der Waals surface area contributed by atoms with Crippen LogP contribution >= 0.6 is 0 Å². The summed E-state index contributed by atoms with van der Waals surface area (Å²) in [6, 6.07) is 9.36. The number of rotatable bonds is 13. The normalized spacial score (nSPS) is 19.4. The van der Waals surface area contributed by atoms with E-state index in [2.05, 4.69) is 143 Å². The van der Waals surface area contributed by atoms with Gasteiger partial charge in [0.15, 0.2) is 0 Å². The van der Waals surface area contributed by atoms with Gasteiger partial charge in [0.2, 0.25) is 0 Å². The minimum absolute atomic E-state index is 0.324. The summed E-state index contributed by atoms with van der Waals surface area (Å²) in [6.45, 7) is 33.6.